The molecule has 0 unspecified atom stereocenters. The van der Waals surface area contributed by atoms with E-state index in [1.165, 1.54) is 174 Å². The maximum atomic E-state index is 2.83. The fourth-order valence-electron chi connectivity index (χ4n) is 5.35. The quantitative estimate of drug-likeness (QED) is 0.0936. The van der Waals surface area contributed by atoms with Gasteiger partial charge in [-0.05, 0) is 50.7 Å². The van der Waals surface area contributed by atoms with Crippen molar-refractivity contribution < 1.29 is 0 Å². The maximum absolute atomic E-state index is 2.83. The monoisotopic (exact) mass is 494 g/mol. The van der Waals surface area contributed by atoms with Crippen LogP contribution in [0.1, 0.15) is 189 Å². The first-order valence-electron chi connectivity index (χ1n) is 16.8. The molecular formula is C34H71N. The molecule has 1 nitrogen and oxygen atoms in total. The highest BCUT2D eigenvalue weighted by atomic mass is 15.1. The van der Waals surface area contributed by atoms with Gasteiger partial charge in [-0.2, -0.15) is 0 Å². The predicted molar refractivity (Wildman–Crippen MR) is 163 cm³/mol. The molecular weight excluding hydrogens is 422 g/mol. The number of unbranched alkanes of at least 4 members (excludes halogenated alkanes) is 19. The van der Waals surface area contributed by atoms with E-state index in [0.29, 0.717) is 0 Å². The van der Waals surface area contributed by atoms with Gasteiger partial charge in [0.25, 0.3) is 0 Å². The number of hydrogen-bond donors (Lipinski definition) is 0. The molecule has 35 heavy (non-hydrogen) atoms. The molecule has 0 N–H and O–H groups in total. The van der Waals surface area contributed by atoms with Gasteiger partial charge >= 0.3 is 0 Å². The van der Waals surface area contributed by atoms with E-state index in [-0.39, 0.29) is 0 Å². The molecule has 0 saturated carbocycles. The van der Waals surface area contributed by atoms with Crippen LogP contribution in [0.25, 0.3) is 0 Å². The fraction of sp³-hybridized carbons (Fsp3) is 1.00. The van der Waals surface area contributed by atoms with Crippen molar-refractivity contribution in [2.24, 2.45) is 11.8 Å². The molecule has 0 aromatic carbocycles. The summed E-state index contributed by atoms with van der Waals surface area (Å²) in [6.45, 7) is 15.8. The van der Waals surface area contributed by atoms with Crippen LogP contribution in [-0.4, -0.2) is 24.5 Å². The lowest BCUT2D eigenvalue weighted by Crippen LogP contribution is -2.27. The molecule has 212 valence electrons. The van der Waals surface area contributed by atoms with Crippen molar-refractivity contribution in [3.05, 3.63) is 0 Å². The lowest BCUT2D eigenvalue weighted by Gasteiger charge is -2.22. The van der Waals surface area contributed by atoms with E-state index in [1.807, 2.05) is 0 Å². The molecule has 0 fully saturated rings. The van der Waals surface area contributed by atoms with E-state index in [0.717, 1.165) is 11.8 Å². The second-order valence-corrected chi connectivity index (χ2v) is 12.6. The van der Waals surface area contributed by atoms with Gasteiger partial charge in [0.2, 0.25) is 0 Å². The van der Waals surface area contributed by atoms with Crippen molar-refractivity contribution in [1.82, 2.24) is 4.90 Å². The van der Waals surface area contributed by atoms with Crippen LogP contribution in [0, 0.1) is 11.8 Å². The van der Waals surface area contributed by atoms with Crippen molar-refractivity contribution in [3.63, 3.8) is 0 Å². The highest BCUT2D eigenvalue weighted by Gasteiger charge is 2.05. The summed E-state index contributed by atoms with van der Waals surface area (Å²) in [5, 5.41) is 0. The van der Waals surface area contributed by atoms with E-state index < -0.39 is 0 Å². The molecule has 0 radical (unpaired) electrons. The summed E-state index contributed by atoms with van der Waals surface area (Å²) >= 11 is 0. The molecule has 0 atom stereocenters. The molecule has 1 heteroatoms. The first-order valence-corrected chi connectivity index (χ1v) is 16.8. The Morgan fingerprint density at radius 1 is 0.343 bits per heavy atom. The average molecular weight is 494 g/mol. The standard InChI is InChI=1S/C34H71N/c1-6-7-8-9-10-11-12-13-14-15-20-25-30-35(31-26-21-16-18-23-28-33(2)3)32-27-22-17-19-24-29-34(4)5/h33-34H,6-32H2,1-5H3. The highest BCUT2D eigenvalue weighted by Crippen LogP contribution is 2.15. The van der Waals surface area contributed by atoms with Crippen LogP contribution in [0.3, 0.4) is 0 Å². The van der Waals surface area contributed by atoms with Gasteiger partial charge in [0, 0.05) is 0 Å². The van der Waals surface area contributed by atoms with Gasteiger partial charge in [-0.25, -0.2) is 0 Å². The van der Waals surface area contributed by atoms with Crippen LogP contribution in [0.2, 0.25) is 0 Å². The topological polar surface area (TPSA) is 3.24 Å². The predicted octanol–water partition coefficient (Wildman–Crippen LogP) is 12.0. The zero-order valence-electron chi connectivity index (χ0n) is 25.7. The second-order valence-electron chi connectivity index (χ2n) is 12.6. The Balaban J connectivity index is 3.85. The average Bonchev–Trinajstić information content (AvgIpc) is 2.82. The second kappa shape index (κ2) is 28.5. The van der Waals surface area contributed by atoms with Crippen LogP contribution < -0.4 is 0 Å². The van der Waals surface area contributed by atoms with E-state index in [2.05, 4.69) is 39.5 Å². The Kier molecular flexibility index (Phi) is 28.5. The summed E-state index contributed by atoms with van der Waals surface area (Å²) in [6.07, 6.45) is 34.8. The zero-order valence-corrected chi connectivity index (χ0v) is 25.7. The van der Waals surface area contributed by atoms with E-state index in [1.54, 1.807) is 0 Å². The van der Waals surface area contributed by atoms with Gasteiger partial charge in [0.05, 0.1) is 0 Å². The summed E-state index contributed by atoms with van der Waals surface area (Å²) in [7, 11) is 0. The minimum atomic E-state index is 0.881. The van der Waals surface area contributed by atoms with Crippen molar-refractivity contribution in [2.45, 2.75) is 189 Å². The van der Waals surface area contributed by atoms with Crippen LogP contribution in [0.4, 0.5) is 0 Å². The Morgan fingerprint density at radius 2 is 0.600 bits per heavy atom. The van der Waals surface area contributed by atoms with Crippen LogP contribution in [0.5, 0.6) is 0 Å². The normalized spacial score (nSPS) is 12.0. The van der Waals surface area contributed by atoms with Gasteiger partial charge < -0.3 is 4.90 Å². The molecule has 0 spiro atoms. The summed E-state index contributed by atoms with van der Waals surface area (Å²) < 4.78 is 0. The van der Waals surface area contributed by atoms with Crippen molar-refractivity contribution in [1.29, 1.82) is 0 Å². The van der Waals surface area contributed by atoms with Crippen LogP contribution in [0.15, 0.2) is 0 Å². The van der Waals surface area contributed by atoms with Crippen molar-refractivity contribution >= 4 is 0 Å². The van der Waals surface area contributed by atoms with Crippen LogP contribution >= 0.6 is 0 Å². The van der Waals surface area contributed by atoms with Gasteiger partial charge in [-0.1, -0.05) is 169 Å². The number of hydrogen-bond acceptors (Lipinski definition) is 1. The Bertz CT molecular complexity index is 353. The van der Waals surface area contributed by atoms with E-state index in [9.17, 15) is 0 Å². The molecule has 0 aliphatic rings. The molecule has 0 aliphatic heterocycles. The molecule has 0 aromatic heterocycles. The van der Waals surface area contributed by atoms with Crippen LogP contribution in [-0.2, 0) is 0 Å². The van der Waals surface area contributed by atoms with E-state index in [4.69, 9.17) is 0 Å². The lowest BCUT2D eigenvalue weighted by atomic mass is 10.0. The summed E-state index contributed by atoms with van der Waals surface area (Å²) in [4.78, 5) is 2.83. The third-order valence-corrected chi connectivity index (χ3v) is 7.84. The summed E-state index contributed by atoms with van der Waals surface area (Å²) in [5.41, 5.74) is 0. The first kappa shape index (κ1) is 35.0. The Hall–Kier alpha value is -0.0400. The van der Waals surface area contributed by atoms with Gasteiger partial charge in [0.1, 0.15) is 0 Å². The van der Waals surface area contributed by atoms with Gasteiger partial charge in [-0.3, -0.25) is 0 Å². The highest BCUT2D eigenvalue weighted by molar-refractivity contribution is 4.61. The SMILES string of the molecule is CCCCCCCCCCCCCCN(CCCCCCCC(C)C)CCCCCCCC(C)C. The summed E-state index contributed by atoms with van der Waals surface area (Å²) in [5.74, 6) is 1.76. The largest absolute Gasteiger partial charge is 0.303 e. The summed E-state index contributed by atoms with van der Waals surface area (Å²) in [6, 6.07) is 0. The zero-order chi connectivity index (χ0) is 25.8. The Labute approximate surface area is 225 Å². The third-order valence-electron chi connectivity index (χ3n) is 7.84. The minimum absolute atomic E-state index is 0.881. The van der Waals surface area contributed by atoms with Gasteiger partial charge in [-0.15, -0.1) is 0 Å². The van der Waals surface area contributed by atoms with Crippen molar-refractivity contribution in [3.8, 4) is 0 Å². The molecule has 0 heterocycles. The maximum Gasteiger partial charge on any atom is -0.00187 e. The van der Waals surface area contributed by atoms with Crippen molar-refractivity contribution in [2.75, 3.05) is 19.6 Å². The van der Waals surface area contributed by atoms with Gasteiger partial charge in [0.15, 0.2) is 0 Å². The Morgan fingerprint density at radius 3 is 0.886 bits per heavy atom. The molecule has 0 saturated heterocycles. The molecule has 0 rings (SSSR count). The molecule has 0 bridgehead atoms. The van der Waals surface area contributed by atoms with E-state index >= 15 is 0 Å². The molecule has 0 amide bonds. The molecule has 0 aliphatic carbocycles. The minimum Gasteiger partial charge on any atom is -0.303 e. The first-order chi connectivity index (χ1) is 17.1. The third kappa shape index (κ3) is 30.1. The number of rotatable bonds is 29. The number of nitrogens with zero attached hydrogens (tertiary/aromatic N) is 1. The smallest absolute Gasteiger partial charge is 0.00187 e. The lowest BCUT2D eigenvalue weighted by molar-refractivity contribution is 0.254. The molecule has 0 aromatic rings. The fourth-order valence-corrected chi connectivity index (χ4v) is 5.35.